The zero-order chi connectivity index (χ0) is 23.5. The van der Waals surface area contributed by atoms with Gasteiger partial charge in [-0.05, 0) is 65.0 Å². The number of alkyl halides is 1. The van der Waals surface area contributed by atoms with Crippen LogP contribution in [0, 0.1) is 0 Å². The van der Waals surface area contributed by atoms with Crippen LogP contribution in [0.3, 0.4) is 0 Å². The van der Waals surface area contributed by atoms with Gasteiger partial charge in [0, 0.05) is 43.5 Å². The number of carbonyl (C=O) groups excluding carboxylic acids is 1. The Morgan fingerprint density at radius 3 is 2.75 bits per heavy atom. The first kappa shape index (κ1) is 24.3. The van der Waals surface area contributed by atoms with Gasteiger partial charge in [-0.2, -0.15) is 0 Å². The maximum atomic E-state index is 14.2. The number of amides is 1. The minimum Gasteiger partial charge on any atom is -0.367 e. The van der Waals surface area contributed by atoms with E-state index in [1.807, 2.05) is 44.3 Å². The van der Waals surface area contributed by atoms with E-state index >= 15 is 0 Å². The van der Waals surface area contributed by atoms with E-state index in [9.17, 15) is 9.18 Å². The molecule has 0 aromatic heterocycles. The summed E-state index contributed by atoms with van der Waals surface area (Å²) in [6.07, 6.45) is 9.28. The van der Waals surface area contributed by atoms with E-state index < -0.39 is 5.67 Å². The predicted octanol–water partition coefficient (Wildman–Crippen LogP) is 3.02. The molecule has 2 atom stereocenters. The van der Waals surface area contributed by atoms with E-state index in [1.165, 1.54) is 0 Å². The third kappa shape index (κ3) is 5.35. The SMILES string of the molecule is CCC1=C(N(CC)C2=CC(NC)N(OC(C)C)C=C2)NCC(C(=O)N2CCC(C)(F)C2)=C1. The Kier molecular flexibility index (Phi) is 7.67. The summed E-state index contributed by atoms with van der Waals surface area (Å²) >= 11 is 0. The van der Waals surface area contributed by atoms with E-state index in [0.29, 0.717) is 25.1 Å². The fraction of sp³-hybridized carbons (Fsp3) is 0.625. The summed E-state index contributed by atoms with van der Waals surface area (Å²) in [6.45, 7) is 11.6. The Morgan fingerprint density at radius 1 is 1.44 bits per heavy atom. The number of carbonyl (C=O) groups is 1. The van der Waals surface area contributed by atoms with Crippen molar-refractivity contribution in [1.82, 2.24) is 25.5 Å². The lowest BCUT2D eigenvalue weighted by molar-refractivity contribution is -0.174. The Hall–Kier alpha value is -2.32. The number of allylic oxidation sites excluding steroid dienone is 3. The third-order valence-corrected chi connectivity index (χ3v) is 5.99. The van der Waals surface area contributed by atoms with Crippen LogP contribution >= 0.6 is 0 Å². The highest BCUT2D eigenvalue weighted by molar-refractivity contribution is 5.95. The molecule has 0 aromatic rings. The van der Waals surface area contributed by atoms with Gasteiger partial charge in [0.25, 0.3) is 5.91 Å². The highest BCUT2D eigenvalue weighted by Gasteiger charge is 2.37. The molecule has 178 valence electrons. The van der Waals surface area contributed by atoms with E-state index in [2.05, 4.69) is 35.5 Å². The van der Waals surface area contributed by atoms with Crippen molar-refractivity contribution in [2.75, 3.05) is 33.2 Å². The van der Waals surface area contributed by atoms with Gasteiger partial charge in [0.05, 0.1) is 12.6 Å². The van der Waals surface area contributed by atoms with Crippen LogP contribution in [0.5, 0.6) is 0 Å². The average Bonchev–Trinajstić information content (AvgIpc) is 3.14. The Morgan fingerprint density at radius 2 is 2.19 bits per heavy atom. The molecule has 3 aliphatic rings. The van der Waals surface area contributed by atoms with Crippen molar-refractivity contribution in [1.29, 1.82) is 0 Å². The number of hydrogen-bond acceptors (Lipinski definition) is 6. The number of dihydropyridines is 1. The quantitative estimate of drug-likeness (QED) is 0.597. The van der Waals surface area contributed by atoms with Crippen LogP contribution in [-0.2, 0) is 9.63 Å². The zero-order valence-electron chi connectivity index (χ0n) is 20.2. The lowest BCUT2D eigenvalue weighted by Crippen LogP contribution is -2.44. The van der Waals surface area contributed by atoms with Crippen LogP contribution in [0.4, 0.5) is 4.39 Å². The second kappa shape index (κ2) is 10.1. The zero-order valence-corrected chi connectivity index (χ0v) is 20.2. The minimum absolute atomic E-state index is 0.0691. The van der Waals surface area contributed by atoms with Gasteiger partial charge < -0.3 is 15.1 Å². The first-order valence-electron chi connectivity index (χ1n) is 11.6. The lowest BCUT2D eigenvalue weighted by Gasteiger charge is -2.37. The Labute approximate surface area is 191 Å². The van der Waals surface area contributed by atoms with Crippen LogP contribution in [0.25, 0.3) is 0 Å². The second-order valence-corrected chi connectivity index (χ2v) is 9.04. The maximum Gasteiger partial charge on any atom is 0.251 e. The van der Waals surface area contributed by atoms with Crippen molar-refractivity contribution in [3.63, 3.8) is 0 Å². The van der Waals surface area contributed by atoms with Gasteiger partial charge in [-0.25, -0.2) is 9.45 Å². The Bertz CT molecular complexity index is 830. The van der Waals surface area contributed by atoms with E-state index in [0.717, 1.165) is 30.1 Å². The number of rotatable bonds is 8. The van der Waals surface area contributed by atoms with Crippen LogP contribution < -0.4 is 10.6 Å². The average molecular weight is 448 g/mol. The number of nitrogens with one attached hydrogen (secondary N) is 2. The summed E-state index contributed by atoms with van der Waals surface area (Å²) in [5.41, 5.74) is 1.53. The summed E-state index contributed by atoms with van der Waals surface area (Å²) < 4.78 is 14.2. The van der Waals surface area contributed by atoms with Gasteiger partial charge >= 0.3 is 0 Å². The molecular formula is C24H38FN5O2. The van der Waals surface area contributed by atoms with Crippen molar-refractivity contribution in [3.05, 3.63) is 47.1 Å². The molecule has 7 nitrogen and oxygen atoms in total. The van der Waals surface area contributed by atoms with Crippen molar-refractivity contribution in [2.24, 2.45) is 0 Å². The fourth-order valence-corrected chi connectivity index (χ4v) is 4.34. The monoisotopic (exact) mass is 447 g/mol. The minimum atomic E-state index is -1.29. The van der Waals surface area contributed by atoms with Crippen molar-refractivity contribution in [3.8, 4) is 0 Å². The molecule has 0 aromatic carbocycles. The number of hydroxylamine groups is 2. The standard InChI is InChI=1S/C24H38FN5O2/c1-7-18-13-19(23(31)28-12-10-24(5,25)16-28)15-27-22(18)29(8-2)20-9-11-30(32-17(3)4)21(14-20)26-6/h9,11,13-14,17,21,26-27H,7-8,10,12,15-16H2,1-6H3. The molecule has 3 heterocycles. The highest BCUT2D eigenvalue weighted by Crippen LogP contribution is 2.29. The number of likely N-dealkylation sites (tertiary alicyclic amines) is 1. The normalized spacial score (nSPS) is 25.8. The third-order valence-electron chi connectivity index (χ3n) is 5.99. The molecular weight excluding hydrogens is 409 g/mol. The van der Waals surface area contributed by atoms with Crippen LogP contribution in [-0.4, -0.2) is 71.9 Å². The smallest absolute Gasteiger partial charge is 0.251 e. The summed E-state index contributed by atoms with van der Waals surface area (Å²) in [4.78, 5) is 22.7. The van der Waals surface area contributed by atoms with Crippen molar-refractivity contribution < 1.29 is 14.0 Å². The summed E-state index contributed by atoms with van der Waals surface area (Å²) in [7, 11) is 1.90. The van der Waals surface area contributed by atoms with Gasteiger partial charge in [-0.1, -0.05) is 6.92 Å². The highest BCUT2D eigenvalue weighted by atomic mass is 19.1. The Balaban J connectivity index is 1.83. The molecule has 0 radical (unpaired) electrons. The molecule has 3 aliphatic heterocycles. The molecule has 1 fully saturated rings. The molecule has 0 bridgehead atoms. The van der Waals surface area contributed by atoms with E-state index in [-0.39, 0.29) is 24.7 Å². The molecule has 0 aliphatic carbocycles. The number of likely N-dealkylation sites (N-methyl/N-ethyl adjacent to an activating group) is 2. The first-order valence-corrected chi connectivity index (χ1v) is 11.6. The number of nitrogens with zero attached hydrogens (tertiary/aromatic N) is 3. The van der Waals surface area contributed by atoms with Gasteiger partial charge in [0.15, 0.2) is 0 Å². The molecule has 2 unspecified atom stereocenters. The van der Waals surface area contributed by atoms with Gasteiger partial charge in [0.1, 0.15) is 17.7 Å². The largest absolute Gasteiger partial charge is 0.367 e. The molecule has 1 saturated heterocycles. The number of halogens is 1. The second-order valence-electron chi connectivity index (χ2n) is 9.04. The molecule has 3 rings (SSSR count). The molecule has 2 N–H and O–H groups in total. The van der Waals surface area contributed by atoms with Gasteiger partial charge in [-0.15, -0.1) is 0 Å². The summed E-state index contributed by atoms with van der Waals surface area (Å²) in [6, 6.07) is 0. The predicted molar refractivity (Wildman–Crippen MR) is 125 cm³/mol. The van der Waals surface area contributed by atoms with Gasteiger partial charge in [-0.3, -0.25) is 14.9 Å². The molecule has 0 spiro atoms. The number of hydrogen-bond donors (Lipinski definition) is 2. The van der Waals surface area contributed by atoms with E-state index in [4.69, 9.17) is 4.84 Å². The molecule has 8 heteroatoms. The first-order chi connectivity index (χ1) is 15.2. The fourth-order valence-electron chi connectivity index (χ4n) is 4.34. The maximum absolute atomic E-state index is 14.2. The lowest BCUT2D eigenvalue weighted by atomic mass is 10.0. The molecule has 1 amide bonds. The topological polar surface area (TPSA) is 60.1 Å². The molecule has 0 saturated carbocycles. The van der Waals surface area contributed by atoms with Crippen LogP contribution in [0.1, 0.15) is 47.5 Å². The summed E-state index contributed by atoms with van der Waals surface area (Å²) in [5.74, 6) is 0.938. The van der Waals surface area contributed by atoms with Crippen molar-refractivity contribution >= 4 is 5.91 Å². The molecule has 32 heavy (non-hydrogen) atoms. The van der Waals surface area contributed by atoms with E-state index in [1.54, 1.807) is 11.8 Å². The summed E-state index contributed by atoms with van der Waals surface area (Å²) in [5, 5.41) is 8.57. The van der Waals surface area contributed by atoms with Gasteiger partial charge in [0.2, 0.25) is 0 Å². The van der Waals surface area contributed by atoms with Crippen LogP contribution in [0.2, 0.25) is 0 Å². The van der Waals surface area contributed by atoms with Crippen LogP contribution in [0.15, 0.2) is 47.1 Å². The van der Waals surface area contributed by atoms with Crippen molar-refractivity contribution in [2.45, 2.75) is 65.4 Å².